The largest absolute Gasteiger partial charge is 0.433 e. The number of rotatable bonds is 2. The molecule has 0 radical (unpaired) electrons. The molecule has 1 unspecified atom stereocenters. The SMILES string of the molecule is O=C(Nc1ccc(C(F)(F)F)nc1)NC1CCOC1. The first-order chi connectivity index (χ1) is 8.95. The van der Waals surface area contributed by atoms with Crippen molar-refractivity contribution in [2.45, 2.75) is 18.6 Å². The lowest BCUT2D eigenvalue weighted by Crippen LogP contribution is -2.38. The van der Waals surface area contributed by atoms with Crippen LogP contribution in [-0.4, -0.2) is 30.3 Å². The van der Waals surface area contributed by atoms with Crippen LogP contribution < -0.4 is 10.6 Å². The molecule has 1 aliphatic heterocycles. The summed E-state index contributed by atoms with van der Waals surface area (Å²) in [6, 6.07) is 1.41. The Bertz CT molecular complexity index is 441. The maximum absolute atomic E-state index is 12.3. The number of aromatic nitrogens is 1. The highest BCUT2D eigenvalue weighted by atomic mass is 19.4. The highest BCUT2D eigenvalue weighted by Gasteiger charge is 2.32. The summed E-state index contributed by atoms with van der Waals surface area (Å²) in [5, 5.41) is 5.06. The van der Waals surface area contributed by atoms with Crippen LogP contribution in [0.15, 0.2) is 18.3 Å². The molecule has 1 fully saturated rings. The fraction of sp³-hybridized carbons (Fsp3) is 0.455. The molecule has 2 amide bonds. The van der Waals surface area contributed by atoms with Crippen LogP contribution in [0.2, 0.25) is 0 Å². The molecule has 0 spiro atoms. The number of anilines is 1. The summed E-state index contributed by atoms with van der Waals surface area (Å²) in [5.41, 5.74) is -0.799. The van der Waals surface area contributed by atoms with Crippen LogP contribution in [0.25, 0.3) is 0 Å². The minimum Gasteiger partial charge on any atom is -0.379 e. The number of carbonyl (C=O) groups excluding carboxylic acids is 1. The van der Waals surface area contributed by atoms with Gasteiger partial charge in [0.1, 0.15) is 5.69 Å². The van der Waals surface area contributed by atoms with Crippen molar-refractivity contribution in [1.82, 2.24) is 10.3 Å². The van der Waals surface area contributed by atoms with Crippen LogP contribution in [0.5, 0.6) is 0 Å². The Morgan fingerprint density at radius 1 is 1.42 bits per heavy atom. The molecule has 8 heteroatoms. The highest BCUT2D eigenvalue weighted by Crippen LogP contribution is 2.27. The van der Waals surface area contributed by atoms with Gasteiger partial charge in [-0.15, -0.1) is 0 Å². The second-order valence-electron chi connectivity index (χ2n) is 4.09. The number of halogens is 3. The summed E-state index contributed by atoms with van der Waals surface area (Å²) in [6.45, 7) is 1.03. The molecule has 0 aromatic carbocycles. The summed E-state index contributed by atoms with van der Waals surface area (Å²) < 4.78 is 41.9. The fourth-order valence-electron chi connectivity index (χ4n) is 1.64. The van der Waals surface area contributed by atoms with Gasteiger partial charge in [0.2, 0.25) is 0 Å². The van der Waals surface area contributed by atoms with Gasteiger partial charge < -0.3 is 15.4 Å². The zero-order valence-electron chi connectivity index (χ0n) is 9.83. The molecule has 1 aromatic rings. The van der Waals surface area contributed by atoms with E-state index in [0.29, 0.717) is 13.2 Å². The fourth-order valence-corrected chi connectivity index (χ4v) is 1.64. The number of hydrogen-bond acceptors (Lipinski definition) is 3. The quantitative estimate of drug-likeness (QED) is 0.867. The second kappa shape index (κ2) is 5.43. The molecule has 19 heavy (non-hydrogen) atoms. The smallest absolute Gasteiger partial charge is 0.379 e. The van der Waals surface area contributed by atoms with Crippen LogP contribution in [0.3, 0.4) is 0 Å². The van der Waals surface area contributed by atoms with Gasteiger partial charge in [-0.1, -0.05) is 0 Å². The lowest BCUT2D eigenvalue weighted by molar-refractivity contribution is -0.141. The number of urea groups is 1. The maximum Gasteiger partial charge on any atom is 0.433 e. The molecular formula is C11H12F3N3O2. The molecule has 1 atom stereocenters. The third kappa shape index (κ3) is 3.82. The monoisotopic (exact) mass is 275 g/mol. The number of pyridine rings is 1. The summed E-state index contributed by atoms with van der Waals surface area (Å²) in [7, 11) is 0. The van der Waals surface area contributed by atoms with E-state index in [2.05, 4.69) is 15.6 Å². The summed E-state index contributed by atoms with van der Waals surface area (Å²) >= 11 is 0. The van der Waals surface area contributed by atoms with Crippen molar-refractivity contribution in [1.29, 1.82) is 0 Å². The molecule has 0 bridgehead atoms. The van der Waals surface area contributed by atoms with Crippen molar-refractivity contribution >= 4 is 11.7 Å². The molecule has 0 aliphatic carbocycles. The van der Waals surface area contributed by atoms with Crippen molar-refractivity contribution in [2.24, 2.45) is 0 Å². The van der Waals surface area contributed by atoms with Crippen molar-refractivity contribution in [3.8, 4) is 0 Å². The molecule has 0 saturated carbocycles. The van der Waals surface area contributed by atoms with Gasteiger partial charge in [0.15, 0.2) is 0 Å². The minimum atomic E-state index is -4.48. The van der Waals surface area contributed by atoms with E-state index in [9.17, 15) is 18.0 Å². The second-order valence-corrected chi connectivity index (χ2v) is 4.09. The van der Waals surface area contributed by atoms with E-state index in [-0.39, 0.29) is 11.7 Å². The Kier molecular flexibility index (Phi) is 3.89. The van der Waals surface area contributed by atoms with Gasteiger partial charge in [0, 0.05) is 6.61 Å². The highest BCUT2D eigenvalue weighted by molar-refractivity contribution is 5.89. The van der Waals surface area contributed by atoms with Gasteiger partial charge >= 0.3 is 12.2 Å². The molecule has 2 heterocycles. The van der Waals surface area contributed by atoms with Gasteiger partial charge in [-0.05, 0) is 18.6 Å². The summed E-state index contributed by atoms with van der Waals surface area (Å²) in [6.07, 6.45) is -2.80. The van der Waals surface area contributed by atoms with Crippen LogP contribution in [0.1, 0.15) is 12.1 Å². The van der Waals surface area contributed by atoms with Crippen LogP contribution in [-0.2, 0) is 10.9 Å². The lowest BCUT2D eigenvalue weighted by atomic mass is 10.3. The van der Waals surface area contributed by atoms with E-state index in [4.69, 9.17) is 4.74 Å². The average molecular weight is 275 g/mol. The maximum atomic E-state index is 12.3. The molecule has 5 nitrogen and oxygen atoms in total. The summed E-state index contributed by atoms with van der Waals surface area (Å²) in [4.78, 5) is 14.8. The topological polar surface area (TPSA) is 63.2 Å². The van der Waals surface area contributed by atoms with E-state index in [1.165, 1.54) is 0 Å². The minimum absolute atomic E-state index is 0.0672. The molecular weight excluding hydrogens is 263 g/mol. The standard InChI is InChI=1S/C11H12F3N3O2/c12-11(13,14)9-2-1-7(5-15-9)16-10(18)17-8-3-4-19-6-8/h1-2,5,8H,3-4,6H2,(H2,16,17,18). The zero-order valence-corrected chi connectivity index (χ0v) is 9.83. The molecule has 1 aliphatic rings. The first kappa shape index (κ1) is 13.6. The van der Waals surface area contributed by atoms with Crippen molar-refractivity contribution in [3.05, 3.63) is 24.0 Å². The van der Waals surface area contributed by atoms with Gasteiger partial charge in [0.05, 0.1) is 24.5 Å². The van der Waals surface area contributed by atoms with Gasteiger partial charge in [-0.2, -0.15) is 13.2 Å². The Morgan fingerprint density at radius 2 is 2.21 bits per heavy atom. The number of hydrogen-bond donors (Lipinski definition) is 2. The number of ether oxygens (including phenoxy) is 1. The Hall–Kier alpha value is -1.83. The van der Waals surface area contributed by atoms with Crippen LogP contribution >= 0.6 is 0 Å². The van der Waals surface area contributed by atoms with E-state index < -0.39 is 17.9 Å². The van der Waals surface area contributed by atoms with Crippen molar-refractivity contribution in [2.75, 3.05) is 18.5 Å². The molecule has 1 aromatic heterocycles. The number of nitrogens with zero attached hydrogens (tertiary/aromatic N) is 1. The molecule has 2 N–H and O–H groups in total. The third-order valence-electron chi connectivity index (χ3n) is 2.58. The molecule has 104 valence electrons. The van der Waals surface area contributed by atoms with E-state index in [1.54, 1.807) is 0 Å². The Labute approximate surface area is 107 Å². The van der Waals surface area contributed by atoms with E-state index in [1.807, 2.05) is 0 Å². The molecule has 2 rings (SSSR count). The first-order valence-corrected chi connectivity index (χ1v) is 5.63. The Balaban J connectivity index is 1.90. The van der Waals surface area contributed by atoms with E-state index >= 15 is 0 Å². The average Bonchev–Trinajstić information content (AvgIpc) is 2.81. The lowest BCUT2D eigenvalue weighted by Gasteiger charge is -2.12. The normalized spacial score (nSPS) is 19.2. The van der Waals surface area contributed by atoms with Gasteiger partial charge in [0.25, 0.3) is 0 Å². The molecule has 1 saturated heterocycles. The predicted molar refractivity (Wildman–Crippen MR) is 60.6 cm³/mol. The van der Waals surface area contributed by atoms with Crippen molar-refractivity contribution < 1.29 is 22.7 Å². The number of alkyl halides is 3. The van der Waals surface area contributed by atoms with Crippen molar-refractivity contribution in [3.63, 3.8) is 0 Å². The van der Waals surface area contributed by atoms with Gasteiger partial charge in [-0.25, -0.2) is 9.78 Å². The zero-order chi connectivity index (χ0) is 13.9. The Morgan fingerprint density at radius 3 is 2.74 bits per heavy atom. The predicted octanol–water partition coefficient (Wildman–Crippen LogP) is 2.01. The number of nitrogens with one attached hydrogen (secondary N) is 2. The van der Waals surface area contributed by atoms with E-state index in [0.717, 1.165) is 24.8 Å². The number of amides is 2. The van der Waals surface area contributed by atoms with Gasteiger partial charge in [-0.3, -0.25) is 0 Å². The number of carbonyl (C=O) groups is 1. The summed E-state index contributed by atoms with van der Waals surface area (Å²) in [5.74, 6) is 0. The van der Waals surface area contributed by atoms with Crippen LogP contribution in [0.4, 0.5) is 23.7 Å². The first-order valence-electron chi connectivity index (χ1n) is 5.63. The van der Waals surface area contributed by atoms with Crippen LogP contribution in [0, 0.1) is 0 Å². The third-order valence-corrected chi connectivity index (χ3v) is 2.58.